The molecule has 1 atom stereocenters. The molecule has 0 saturated heterocycles. The van der Waals surface area contributed by atoms with Gasteiger partial charge in [-0.05, 0) is 70.6 Å². The van der Waals surface area contributed by atoms with Gasteiger partial charge in [-0.1, -0.05) is 283 Å². The van der Waals surface area contributed by atoms with Gasteiger partial charge in [0.2, 0.25) is 0 Å². The fourth-order valence-corrected chi connectivity index (χ4v) is 9.33. The largest absolute Gasteiger partial charge is 0.462 e. The summed E-state index contributed by atoms with van der Waals surface area (Å²) in [6.07, 6.45) is 72.1. The molecule has 68 heavy (non-hydrogen) atoms. The van der Waals surface area contributed by atoms with Gasteiger partial charge in [0.1, 0.15) is 6.61 Å². The van der Waals surface area contributed by atoms with E-state index >= 15 is 0 Å². The molecule has 0 aromatic heterocycles. The minimum Gasteiger partial charge on any atom is -0.462 e. The highest BCUT2D eigenvalue weighted by Gasteiger charge is 2.18. The Morgan fingerprint density at radius 3 is 0.897 bits per heavy atom. The molecule has 0 aliphatic carbocycles. The molecule has 0 heterocycles. The number of unbranched alkanes of at least 4 members (excludes halogenated alkanes) is 43. The molecule has 0 bridgehead atoms. The first-order chi connectivity index (χ1) is 33.6. The Morgan fingerprint density at radius 2 is 0.574 bits per heavy atom. The van der Waals surface area contributed by atoms with E-state index in [0.717, 1.165) is 38.5 Å². The van der Waals surface area contributed by atoms with Crippen LogP contribution in [0, 0.1) is 0 Å². The van der Waals surface area contributed by atoms with Crippen LogP contribution in [-0.2, 0) is 23.8 Å². The molecule has 0 saturated carbocycles. The van der Waals surface area contributed by atoms with Crippen LogP contribution in [0.1, 0.15) is 342 Å². The van der Waals surface area contributed by atoms with Crippen molar-refractivity contribution in [2.75, 3.05) is 19.8 Å². The lowest BCUT2D eigenvalue weighted by molar-refractivity contribution is -0.163. The zero-order valence-corrected chi connectivity index (χ0v) is 46.4. The van der Waals surface area contributed by atoms with Crippen LogP contribution in [0.15, 0.2) is 24.3 Å². The van der Waals surface area contributed by atoms with Gasteiger partial charge in [-0.2, -0.15) is 0 Å². The van der Waals surface area contributed by atoms with Crippen LogP contribution in [0.2, 0.25) is 0 Å². The van der Waals surface area contributed by atoms with E-state index in [2.05, 4.69) is 45.1 Å². The van der Waals surface area contributed by atoms with E-state index in [-0.39, 0.29) is 25.2 Å². The van der Waals surface area contributed by atoms with Crippen LogP contribution in [-0.4, -0.2) is 37.9 Å². The second-order valence-corrected chi connectivity index (χ2v) is 21.0. The Balaban J connectivity index is 4.22. The maximum Gasteiger partial charge on any atom is 0.306 e. The van der Waals surface area contributed by atoms with Crippen molar-refractivity contribution < 1.29 is 23.8 Å². The molecule has 0 rings (SSSR count). The summed E-state index contributed by atoms with van der Waals surface area (Å²) in [7, 11) is 0. The average molecular weight is 958 g/mol. The number of hydrogen-bond donors (Lipinski definition) is 0. The molecule has 0 aromatic rings. The van der Waals surface area contributed by atoms with Crippen molar-refractivity contribution in [3.05, 3.63) is 24.3 Å². The van der Waals surface area contributed by atoms with Crippen LogP contribution in [0.3, 0.4) is 0 Å². The highest BCUT2D eigenvalue weighted by molar-refractivity contribution is 5.70. The fraction of sp³-hybridized carbons (Fsp3) is 0.905. The van der Waals surface area contributed by atoms with Gasteiger partial charge >= 0.3 is 11.9 Å². The Hall–Kier alpha value is -1.62. The molecular weight excluding hydrogens is 837 g/mol. The quantitative estimate of drug-likeness (QED) is 0.0345. The summed E-state index contributed by atoms with van der Waals surface area (Å²) in [5.74, 6) is -0.381. The second kappa shape index (κ2) is 59.7. The molecule has 0 aliphatic heterocycles. The Kier molecular flexibility index (Phi) is 58.3. The SMILES string of the molecule is CCCCCCCC/C=C\CCCCCCCCCC(=O)OC(COCCCCCCCC/C=C\CCCCCCCC)COC(=O)CCCCCCCCCCCCCCCCCCCCC. The third kappa shape index (κ3) is 57.0. The maximum absolute atomic E-state index is 12.9. The lowest BCUT2D eigenvalue weighted by Crippen LogP contribution is -2.30. The zero-order chi connectivity index (χ0) is 49.2. The van der Waals surface area contributed by atoms with E-state index < -0.39 is 6.10 Å². The van der Waals surface area contributed by atoms with E-state index in [1.54, 1.807) is 0 Å². The van der Waals surface area contributed by atoms with Gasteiger partial charge in [0.25, 0.3) is 0 Å². The highest BCUT2D eigenvalue weighted by Crippen LogP contribution is 2.17. The number of hydrogen-bond acceptors (Lipinski definition) is 5. The summed E-state index contributed by atoms with van der Waals surface area (Å²) in [5.41, 5.74) is 0. The van der Waals surface area contributed by atoms with Gasteiger partial charge in [-0.25, -0.2) is 0 Å². The van der Waals surface area contributed by atoms with Crippen molar-refractivity contribution in [3.63, 3.8) is 0 Å². The molecular formula is C63H120O5. The Morgan fingerprint density at radius 1 is 0.309 bits per heavy atom. The highest BCUT2D eigenvalue weighted by atomic mass is 16.6. The summed E-state index contributed by atoms with van der Waals surface area (Å²) >= 11 is 0. The van der Waals surface area contributed by atoms with Gasteiger partial charge in [0.05, 0.1) is 6.61 Å². The number of carbonyl (C=O) groups excluding carboxylic acids is 2. The van der Waals surface area contributed by atoms with Crippen LogP contribution in [0.5, 0.6) is 0 Å². The normalized spacial score (nSPS) is 12.2. The van der Waals surface area contributed by atoms with Gasteiger partial charge in [-0.3, -0.25) is 9.59 Å². The second-order valence-electron chi connectivity index (χ2n) is 21.0. The van der Waals surface area contributed by atoms with E-state index in [9.17, 15) is 9.59 Å². The van der Waals surface area contributed by atoms with Crippen molar-refractivity contribution in [2.24, 2.45) is 0 Å². The molecule has 402 valence electrons. The third-order valence-corrected chi connectivity index (χ3v) is 14.0. The van der Waals surface area contributed by atoms with E-state index in [1.165, 1.54) is 270 Å². The van der Waals surface area contributed by atoms with Gasteiger partial charge in [0.15, 0.2) is 6.10 Å². The lowest BCUT2D eigenvalue weighted by atomic mass is 10.0. The minimum absolute atomic E-state index is 0.0886. The predicted molar refractivity (Wildman–Crippen MR) is 298 cm³/mol. The summed E-state index contributed by atoms with van der Waals surface area (Å²) in [6, 6.07) is 0. The number of allylic oxidation sites excluding steroid dienone is 4. The average Bonchev–Trinajstić information content (AvgIpc) is 3.34. The van der Waals surface area contributed by atoms with E-state index in [0.29, 0.717) is 19.4 Å². The fourth-order valence-electron chi connectivity index (χ4n) is 9.33. The lowest BCUT2D eigenvalue weighted by Gasteiger charge is -2.18. The molecule has 0 aromatic carbocycles. The van der Waals surface area contributed by atoms with Crippen LogP contribution in [0.25, 0.3) is 0 Å². The van der Waals surface area contributed by atoms with Crippen LogP contribution < -0.4 is 0 Å². The topological polar surface area (TPSA) is 61.8 Å². The number of esters is 2. The summed E-state index contributed by atoms with van der Waals surface area (Å²) in [5, 5.41) is 0. The molecule has 0 aliphatic rings. The van der Waals surface area contributed by atoms with Crippen LogP contribution >= 0.6 is 0 Å². The molecule has 0 radical (unpaired) electrons. The molecule has 0 fully saturated rings. The maximum atomic E-state index is 12.9. The monoisotopic (exact) mass is 957 g/mol. The first-order valence-corrected chi connectivity index (χ1v) is 30.9. The first-order valence-electron chi connectivity index (χ1n) is 30.9. The molecule has 5 nitrogen and oxygen atoms in total. The van der Waals surface area contributed by atoms with E-state index in [1.807, 2.05) is 0 Å². The number of carbonyl (C=O) groups is 2. The molecule has 1 unspecified atom stereocenters. The first kappa shape index (κ1) is 66.4. The van der Waals surface area contributed by atoms with Crippen molar-refractivity contribution in [2.45, 2.75) is 348 Å². The summed E-state index contributed by atoms with van der Waals surface area (Å²) < 4.78 is 17.5. The standard InChI is InChI=1S/C63H120O5/c1-4-7-10-13-16-19-22-25-28-31-32-34-35-38-41-44-47-50-53-56-62(64)67-60-61(59-66-58-55-52-49-46-43-40-37-30-27-24-21-18-15-12-9-6-3)68-63(65)57-54-51-48-45-42-39-36-33-29-26-23-20-17-14-11-8-5-2/h26-27,29-30,61H,4-25,28,31-60H2,1-3H3/b29-26-,30-27-. The molecule has 5 heteroatoms. The van der Waals surface area contributed by atoms with Crippen molar-refractivity contribution >= 4 is 11.9 Å². The number of ether oxygens (including phenoxy) is 3. The Labute approximate surface area is 426 Å². The predicted octanol–water partition coefficient (Wildman–Crippen LogP) is 21.1. The molecule has 0 amide bonds. The van der Waals surface area contributed by atoms with Gasteiger partial charge < -0.3 is 14.2 Å². The smallest absolute Gasteiger partial charge is 0.306 e. The van der Waals surface area contributed by atoms with Crippen molar-refractivity contribution in [3.8, 4) is 0 Å². The Bertz CT molecular complexity index is 1040. The van der Waals surface area contributed by atoms with Gasteiger partial charge in [-0.15, -0.1) is 0 Å². The molecule has 0 spiro atoms. The van der Waals surface area contributed by atoms with E-state index in [4.69, 9.17) is 14.2 Å². The van der Waals surface area contributed by atoms with Crippen molar-refractivity contribution in [1.82, 2.24) is 0 Å². The van der Waals surface area contributed by atoms with Crippen molar-refractivity contribution in [1.29, 1.82) is 0 Å². The minimum atomic E-state index is -0.537. The zero-order valence-electron chi connectivity index (χ0n) is 46.4. The summed E-state index contributed by atoms with van der Waals surface area (Å²) in [4.78, 5) is 25.6. The van der Waals surface area contributed by atoms with Crippen LogP contribution in [0.4, 0.5) is 0 Å². The molecule has 0 N–H and O–H groups in total. The van der Waals surface area contributed by atoms with Gasteiger partial charge in [0, 0.05) is 19.4 Å². The third-order valence-electron chi connectivity index (χ3n) is 14.0. The number of rotatable bonds is 58. The summed E-state index contributed by atoms with van der Waals surface area (Å²) in [6.45, 7) is 7.88.